The van der Waals surface area contributed by atoms with Crippen molar-refractivity contribution in [3.8, 4) is 0 Å². The van der Waals surface area contributed by atoms with Crippen molar-refractivity contribution < 1.29 is 24.2 Å². The highest BCUT2D eigenvalue weighted by molar-refractivity contribution is 5.70. The van der Waals surface area contributed by atoms with E-state index in [1.807, 2.05) is 0 Å². The second-order valence-electron chi connectivity index (χ2n) is 19.4. The summed E-state index contributed by atoms with van der Waals surface area (Å²) in [6, 6.07) is 0. The van der Waals surface area contributed by atoms with Crippen LogP contribution in [0.4, 0.5) is 0 Å². The molecule has 0 aliphatic heterocycles. The highest BCUT2D eigenvalue weighted by Gasteiger charge is 2.16. The molecule has 5 heteroatoms. The van der Waals surface area contributed by atoms with Crippen molar-refractivity contribution >= 4 is 11.9 Å². The first kappa shape index (κ1) is 62.1. The molecule has 0 saturated heterocycles. The van der Waals surface area contributed by atoms with Gasteiger partial charge in [-0.05, 0) is 51.4 Å². The Hall–Kier alpha value is -1.88. The zero-order chi connectivity index (χ0) is 46.3. The predicted molar refractivity (Wildman–Crippen MR) is 279 cm³/mol. The van der Waals surface area contributed by atoms with Gasteiger partial charge in [0, 0.05) is 12.8 Å². The molecule has 0 saturated carbocycles. The number of unbranched alkanes of at least 4 members (excludes halogenated alkanes) is 39. The van der Waals surface area contributed by atoms with Crippen molar-refractivity contribution in [2.24, 2.45) is 0 Å². The summed E-state index contributed by atoms with van der Waals surface area (Å²) in [7, 11) is 0. The molecule has 0 amide bonds. The Morgan fingerprint density at radius 3 is 0.938 bits per heavy atom. The van der Waals surface area contributed by atoms with E-state index < -0.39 is 6.10 Å². The van der Waals surface area contributed by atoms with Crippen LogP contribution in [0, 0.1) is 0 Å². The monoisotopic (exact) mass is 899 g/mol. The Kier molecular flexibility index (Phi) is 53.8. The molecule has 0 aromatic heterocycles. The van der Waals surface area contributed by atoms with E-state index in [0.29, 0.717) is 12.8 Å². The topological polar surface area (TPSA) is 72.8 Å². The number of hydrogen-bond acceptors (Lipinski definition) is 5. The van der Waals surface area contributed by atoms with Gasteiger partial charge in [-0.15, -0.1) is 0 Å². The third-order valence-electron chi connectivity index (χ3n) is 12.9. The average molecular weight is 900 g/mol. The van der Waals surface area contributed by atoms with E-state index in [-0.39, 0.29) is 25.2 Å². The summed E-state index contributed by atoms with van der Waals surface area (Å²) in [6.45, 7) is 4.17. The van der Waals surface area contributed by atoms with Crippen LogP contribution in [0.3, 0.4) is 0 Å². The van der Waals surface area contributed by atoms with Crippen LogP contribution in [0.5, 0.6) is 0 Å². The van der Waals surface area contributed by atoms with Crippen molar-refractivity contribution in [3.05, 3.63) is 36.5 Å². The fourth-order valence-corrected chi connectivity index (χ4v) is 8.62. The van der Waals surface area contributed by atoms with E-state index in [9.17, 15) is 14.7 Å². The van der Waals surface area contributed by atoms with Gasteiger partial charge in [0.25, 0.3) is 0 Å². The van der Waals surface area contributed by atoms with Crippen LogP contribution in [-0.2, 0) is 19.1 Å². The molecular formula is C59H110O5. The van der Waals surface area contributed by atoms with Gasteiger partial charge < -0.3 is 14.6 Å². The van der Waals surface area contributed by atoms with Gasteiger partial charge in [0.05, 0.1) is 6.61 Å². The number of allylic oxidation sites excluding steroid dienone is 6. The second kappa shape index (κ2) is 55.4. The Balaban J connectivity index is 3.45. The molecule has 5 nitrogen and oxygen atoms in total. The summed E-state index contributed by atoms with van der Waals surface area (Å²) < 4.78 is 10.7. The molecule has 376 valence electrons. The van der Waals surface area contributed by atoms with Gasteiger partial charge in [-0.25, -0.2) is 0 Å². The van der Waals surface area contributed by atoms with Crippen molar-refractivity contribution in [1.29, 1.82) is 0 Å². The third-order valence-corrected chi connectivity index (χ3v) is 12.9. The first-order chi connectivity index (χ1) is 31.6. The molecule has 1 N–H and O–H groups in total. The molecule has 0 fully saturated rings. The average Bonchev–Trinajstić information content (AvgIpc) is 3.30. The molecule has 1 atom stereocenters. The second-order valence-corrected chi connectivity index (χ2v) is 19.4. The Morgan fingerprint density at radius 2 is 0.625 bits per heavy atom. The van der Waals surface area contributed by atoms with E-state index in [1.165, 1.54) is 231 Å². The molecule has 0 radical (unpaired) electrons. The van der Waals surface area contributed by atoms with Gasteiger partial charge in [0.15, 0.2) is 6.10 Å². The lowest BCUT2D eigenvalue weighted by Crippen LogP contribution is -2.28. The maximum atomic E-state index is 12.3. The number of aliphatic hydroxyl groups is 1. The first-order valence-corrected chi connectivity index (χ1v) is 28.5. The molecule has 0 heterocycles. The first-order valence-electron chi connectivity index (χ1n) is 28.5. The molecule has 0 bridgehead atoms. The quantitative estimate of drug-likeness (QED) is 0.0374. The molecule has 1 unspecified atom stereocenters. The number of aliphatic hydroxyl groups excluding tert-OH is 1. The minimum atomic E-state index is -0.775. The van der Waals surface area contributed by atoms with E-state index in [1.54, 1.807) is 0 Å². The zero-order valence-corrected chi connectivity index (χ0v) is 43.1. The normalized spacial score (nSPS) is 12.4. The lowest BCUT2D eigenvalue weighted by atomic mass is 10.0. The summed E-state index contributed by atoms with van der Waals surface area (Å²) in [5.41, 5.74) is 0. The van der Waals surface area contributed by atoms with Gasteiger partial charge >= 0.3 is 11.9 Å². The number of carbonyl (C=O) groups excluding carboxylic acids is 2. The molecular weight excluding hydrogens is 789 g/mol. The molecule has 0 aliphatic rings. The Bertz CT molecular complexity index is 1020. The third kappa shape index (κ3) is 52.7. The predicted octanol–water partition coefficient (Wildman–Crippen LogP) is 19.1. The van der Waals surface area contributed by atoms with E-state index in [2.05, 4.69) is 50.3 Å². The molecule has 0 aromatic rings. The highest BCUT2D eigenvalue weighted by atomic mass is 16.6. The zero-order valence-electron chi connectivity index (χ0n) is 43.1. The number of rotatable bonds is 53. The van der Waals surface area contributed by atoms with Crippen molar-refractivity contribution in [2.45, 2.75) is 315 Å². The van der Waals surface area contributed by atoms with Crippen LogP contribution in [0.15, 0.2) is 36.5 Å². The minimum absolute atomic E-state index is 0.0648. The van der Waals surface area contributed by atoms with E-state index in [4.69, 9.17) is 9.47 Å². The van der Waals surface area contributed by atoms with Crippen LogP contribution in [0.1, 0.15) is 309 Å². The highest BCUT2D eigenvalue weighted by Crippen LogP contribution is 2.17. The number of carbonyl (C=O) groups is 2. The minimum Gasteiger partial charge on any atom is -0.462 e. The summed E-state index contributed by atoms with van der Waals surface area (Å²) >= 11 is 0. The summed E-state index contributed by atoms with van der Waals surface area (Å²) in [6.07, 6.45) is 71.2. The van der Waals surface area contributed by atoms with Crippen LogP contribution in [0.2, 0.25) is 0 Å². The Labute approximate surface area is 399 Å². The van der Waals surface area contributed by atoms with Crippen LogP contribution in [-0.4, -0.2) is 36.4 Å². The van der Waals surface area contributed by atoms with E-state index in [0.717, 1.165) is 51.4 Å². The SMILES string of the molecule is CCCCCCC/C=C\C/C=C\C/C=C\CCCCCCCCCCC(=O)OC(CO)COC(=O)CCCCCCCCCCCCCCCCCCCCCCCCCCCCC. The summed E-state index contributed by atoms with van der Waals surface area (Å²) in [5, 5.41) is 9.65. The van der Waals surface area contributed by atoms with Gasteiger partial charge in [-0.2, -0.15) is 0 Å². The van der Waals surface area contributed by atoms with E-state index >= 15 is 0 Å². The van der Waals surface area contributed by atoms with Gasteiger partial charge in [0.1, 0.15) is 6.61 Å². The number of esters is 2. The van der Waals surface area contributed by atoms with Crippen molar-refractivity contribution in [3.63, 3.8) is 0 Å². The number of hydrogen-bond donors (Lipinski definition) is 1. The molecule has 0 rings (SSSR count). The van der Waals surface area contributed by atoms with Gasteiger partial charge in [-0.3, -0.25) is 9.59 Å². The Morgan fingerprint density at radius 1 is 0.359 bits per heavy atom. The molecule has 0 aromatic carbocycles. The largest absolute Gasteiger partial charge is 0.462 e. The van der Waals surface area contributed by atoms with Crippen LogP contribution in [0.25, 0.3) is 0 Å². The lowest BCUT2D eigenvalue weighted by Gasteiger charge is -2.15. The fraction of sp³-hybridized carbons (Fsp3) is 0.864. The summed E-state index contributed by atoms with van der Waals surface area (Å²) in [4.78, 5) is 24.5. The maximum absolute atomic E-state index is 12.3. The van der Waals surface area contributed by atoms with Crippen molar-refractivity contribution in [2.75, 3.05) is 13.2 Å². The lowest BCUT2D eigenvalue weighted by molar-refractivity contribution is -0.161. The standard InChI is InChI=1S/C59H110O5/c1-3-5-7-9-11-13-15-17-19-21-23-25-27-28-29-30-32-33-35-37-39-41-43-45-47-49-51-53-58(61)63-56-57(55-60)64-59(62)54-52-50-48-46-44-42-40-38-36-34-31-26-24-22-20-18-16-14-12-10-8-6-4-2/h16,18,22,24,31,34,57,60H,3-15,17,19-21,23,25-30,32-33,35-56H2,1-2H3/b18-16-,24-22-,34-31-. The van der Waals surface area contributed by atoms with Crippen LogP contribution < -0.4 is 0 Å². The maximum Gasteiger partial charge on any atom is 0.306 e. The smallest absolute Gasteiger partial charge is 0.306 e. The molecule has 64 heavy (non-hydrogen) atoms. The van der Waals surface area contributed by atoms with Gasteiger partial charge in [0.2, 0.25) is 0 Å². The van der Waals surface area contributed by atoms with Gasteiger partial charge in [-0.1, -0.05) is 281 Å². The molecule has 0 aliphatic carbocycles. The molecule has 0 spiro atoms. The summed E-state index contributed by atoms with van der Waals surface area (Å²) in [5.74, 6) is -0.583. The number of ether oxygens (including phenoxy) is 2. The van der Waals surface area contributed by atoms with Crippen LogP contribution >= 0.6 is 0 Å². The van der Waals surface area contributed by atoms with Crippen molar-refractivity contribution in [1.82, 2.24) is 0 Å². The fourth-order valence-electron chi connectivity index (χ4n) is 8.62.